The first-order chi connectivity index (χ1) is 9.51. The minimum atomic E-state index is -0.665. The predicted molar refractivity (Wildman–Crippen MR) is 77.9 cm³/mol. The molecule has 1 atom stereocenters. The lowest BCUT2D eigenvalue weighted by molar-refractivity contribution is -0.144. The first kappa shape index (κ1) is 14.5. The van der Waals surface area contributed by atoms with Crippen molar-refractivity contribution in [1.29, 1.82) is 0 Å². The van der Waals surface area contributed by atoms with Crippen molar-refractivity contribution in [2.45, 2.75) is 26.8 Å². The molecule has 2 rings (SSSR count). The first-order valence-corrected chi connectivity index (χ1v) is 7.17. The standard InChI is InChI=1S/C14H16N2O3S/c1-4-19-14(18)8(2)15-13(17)10-5-6-11-12(7-10)20-9(3)16-11/h5-8H,4H2,1-3H3,(H,15,17)/t8-/m0/s1. The monoisotopic (exact) mass is 292 g/mol. The molecular weight excluding hydrogens is 276 g/mol. The predicted octanol–water partition coefficient (Wildman–Crippen LogP) is 2.29. The zero-order valence-electron chi connectivity index (χ0n) is 11.6. The van der Waals surface area contributed by atoms with E-state index in [0.717, 1.165) is 15.2 Å². The minimum Gasteiger partial charge on any atom is -0.464 e. The van der Waals surface area contributed by atoms with Crippen LogP contribution in [0.2, 0.25) is 0 Å². The second-order valence-corrected chi connectivity index (χ2v) is 5.60. The molecule has 0 saturated carbocycles. The van der Waals surface area contributed by atoms with Gasteiger partial charge in [-0.05, 0) is 39.0 Å². The van der Waals surface area contributed by atoms with Gasteiger partial charge >= 0.3 is 5.97 Å². The zero-order chi connectivity index (χ0) is 14.7. The number of aromatic nitrogens is 1. The Morgan fingerprint density at radius 2 is 2.20 bits per heavy atom. The fraction of sp³-hybridized carbons (Fsp3) is 0.357. The molecule has 0 bridgehead atoms. The van der Waals surface area contributed by atoms with Gasteiger partial charge in [0.1, 0.15) is 6.04 Å². The Bertz CT molecular complexity index is 651. The van der Waals surface area contributed by atoms with E-state index in [0.29, 0.717) is 12.2 Å². The smallest absolute Gasteiger partial charge is 0.328 e. The number of aryl methyl sites for hydroxylation is 1. The fourth-order valence-corrected chi connectivity index (χ4v) is 2.65. The number of hydrogen-bond donors (Lipinski definition) is 1. The second kappa shape index (κ2) is 6.00. The number of hydrogen-bond acceptors (Lipinski definition) is 5. The van der Waals surface area contributed by atoms with Gasteiger partial charge in [0.05, 0.1) is 21.8 Å². The molecule has 0 aliphatic carbocycles. The molecule has 1 aromatic heterocycles. The average molecular weight is 292 g/mol. The molecule has 0 radical (unpaired) electrons. The van der Waals surface area contributed by atoms with Gasteiger partial charge < -0.3 is 10.1 Å². The molecule has 106 valence electrons. The lowest BCUT2D eigenvalue weighted by Gasteiger charge is -2.12. The minimum absolute atomic E-state index is 0.293. The molecule has 0 aliphatic heterocycles. The van der Waals surface area contributed by atoms with Gasteiger partial charge in [0.25, 0.3) is 5.91 Å². The van der Waals surface area contributed by atoms with Crippen molar-refractivity contribution in [2.24, 2.45) is 0 Å². The number of amides is 1. The number of nitrogens with zero attached hydrogens (tertiary/aromatic N) is 1. The van der Waals surface area contributed by atoms with Crippen LogP contribution in [0.25, 0.3) is 10.2 Å². The maximum atomic E-state index is 12.1. The normalized spacial score (nSPS) is 12.2. The summed E-state index contributed by atoms with van der Waals surface area (Å²) in [4.78, 5) is 27.9. The average Bonchev–Trinajstić information content (AvgIpc) is 2.77. The van der Waals surface area contributed by atoms with Crippen LogP contribution in [0.4, 0.5) is 0 Å². The molecule has 0 spiro atoms. The van der Waals surface area contributed by atoms with Gasteiger partial charge in [-0.2, -0.15) is 0 Å². The van der Waals surface area contributed by atoms with Gasteiger partial charge in [-0.1, -0.05) is 0 Å². The van der Waals surface area contributed by atoms with E-state index in [1.165, 1.54) is 11.3 Å². The maximum absolute atomic E-state index is 12.1. The summed E-state index contributed by atoms with van der Waals surface area (Å²) < 4.78 is 5.81. The van der Waals surface area contributed by atoms with Crippen molar-refractivity contribution in [2.75, 3.05) is 6.61 Å². The van der Waals surface area contributed by atoms with Crippen LogP contribution in [0.3, 0.4) is 0 Å². The molecule has 1 heterocycles. The maximum Gasteiger partial charge on any atom is 0.328 e. The number of esters is 1. The number of thiazole rings is 1. The van der Waals surface area contributed by atoms with Crippen LogP contribution in [-0.4, -0.2) is 29.5 Å². The largest absolute Gasteiger partial charge is 0.464 e. The van der Waals surface area contributed by atoms with Crippen LogP contribution in [0.15, 0.2) is 18.2 Å². The van der Waals surface area contributed by atoms with Gasteiger partial charge in [0.15, 0.2) is 0 Å². The number of carbonyl (C=O) groups excluding carboxylic acids is 2. The van der Waals surface area contributed by atoms with E-state index < -0.39 is 12.0 Å². The highest BCUT2D eigenvalue weighted by Crippen LogP contribution is 2.22. The van der Waals surface area contributed by atoms with E-state index >= 15 is 0 Å². The highest BCUT2D eigenvalue weighted by atomic mass is 32.1. The SMILES string of the molecule is CCOC(=O)[C@H](C)NC(=O)c1ccc2nc(C)sc2c1. The third kappa shape index (κ3) is 3.14. The van der Waals surface area contributed by atoms with Crippen molar-refractivity contribution in [3.05, 3.63) is 28.8 Å². The molecule has 0 fully saturated rings. The van der Waals surface area contributed by atoms with E-state index in [2.05, 4.69) is 10.3 Å². The summed E-state index contributed by atoms with van der Waals surface area (Å²) in [5.74, 6) is -0.728. The third-order valence-corrected chi connectivity index (χ3v) is 3.68. The molecule has 0 unspecified atom stereocenters. The first-order valence-electron chi connectivity index (χ1n) is 6.36. The Hall–Kier alpha value is -1.95. The van der Waals surface area contributed by atoms with Crippen LogP contribution in [0.1, 0.15) is 29.2 Å². The summed E-state index contributed by atoms with van der Waals surface area (Å²) in [6, 6.07) is 4.63. The Morgan fingerprint density at radius 3 is 2.90 bits per heavy atom. The molecular formula is C14H16N2O3S. The number of benzene rings is 1. The summed E-state index contributed by atoms with van der Waals surface area (Å²) in [6.45, 7) is 5.55. The molecule has 1 aromatic carbocycles. The highest BCUT2D eigenvalue weighted by Gasteiger charge is 2.17. The summed E-state index contributed by atoms with van der Waals surface area (Å²) in [5, 5.41) is 3.58. The lowest BCUT2D eigenvalue weighted by atomic mass is 10.2. The molecule has 2 aromatic rings. The number of rotatable bonds is 4. The zero-order valence-corrected chi connectivity index (χ0v) is 12.4. The number of fused-ring (bicyclic) bond motifs is 1. The van der Waals surface area contributed by atoms with Gasteiger partial charge in [-0.3, -0.25) is 4.79 Å². The van der Waals surface area contributed by atoms with Crippen LogP contribution in [0.5, 0.6) is 0 Å². The van der Waals surface area contributed by atoms with Gasteiger partial charge in [-0.15, -0.1) is 11.3 Å². The van der Waals surface area contributed by atoms with E-state index in [1.54, 1.807) is 26.0 Å². The van der Waals surface area contributed by atoms with Gasteiger partial charge in [0.2, 0.25) is 0 Å². The Balaban J connectivity index is 2.12. The number of nitrogens with one attached hydrogen (secondary N) is 1. The van der Waals surface area contributed by atoms with Crippen LogP contribution in [-0.2, 0) is 9.53 Å². The van der Waals surface area contributed by atoms with Crippen molar-refractivity contribution >= 4 is 33.4 Å². The Kier molecular flexibility index (Phi) is 4.34. The molecule has 5 nitrogen and oxygen atoms in total. The summed E-state index contributed by atoms with van der Waals surface area (Å²) in [7, 11) is 0. The summed E-state index contributed by atoms with van der Waals surface area (Å²) in [6.07, 6.45) is 0. The summed E-state index contributed by atoms with van der Waals surface area (Å²) >= 11 is 1.53. The van der Waals surface area contributed by atoms with Crippen molar-refractivity contribution in [3.63, 3.8) is 0 Å². The second-order valence-electron chi connectivity index (χ2n) is 4.36. The summed E-state index contributed by atoms with van der Waals surface area (Å²) in [5.41, 5.74) is 1.39. The van der Waals surface area contributed by atoms with Crippen molar-refractivity contribution in [1.82, 2.24) is 10.3 Å². The fourth-order valence-electron chi connectivity index (χ4n) is 1.79. The number of ether oxygens (including phenoxy) is 1. The molecule has 0 saturated heterocycles. The van der Waals surface area contributed by atoms with E-state index in [4.69, 9.17) is 4.74 Å². The lowest BCUT2D eigenvalue weighted by Crippen LogP contribution is -2.39. The van der Waals surface area contributed by atoms with Crippen molar-refractivity contribution < 1.29 is 14.3 Å². The van der Waals surface area contributed by atoms with E-state index in [-0.39, 0.29) is 5.91 Å². The van der Waals surface area contributed by atoms with Gasteiger partial charge in [0, 0.05) is 5.56 Å². The Morgan fingerprint density at radius 1 is 1.45 bits per heavy atom. The molecule has 1 amide bonds. The van der Waals surface area contributed by atoms with Gasteiger partial charge in [-0.25, -0.2) is 9.78 Å². The molecule has 1 N–H and O–H groups in total. The highest BCUT2D eigenvalue weighted by molar-refractivity contribution is 7.18. The Labute approximate surface area is 121 Å². The number of carbonyl (C=O) groups is 2. The van der Waals surface area contributed by atoms with Crippen LogP contribution >= 0.6 is 11.3 Å². The van der Waals surface area contributed by atoms with Crippen molar-refractivity contribution in [3.8, 4) is 0 Å². The van der Waals surface area contributed by atoms with E-state index in [9.17, 15) is 9.59 Å². The van der Waals surface area contributed by atoms with E-state index in [1.807, 2.05) is 13.0 Å². The van der Waals surface area contributed by atoms with Crippen LogP contribution < -0.4 is 5.32 Å². The molecule has 0 aliphatic rings. The topological polar surface area (TPSA) is 68.3 Å². The third-order valence-electron chi connectivity index (χ3n) is 2.75. The molecule has 6 heteroatoms. The van der Waals surface area contributed by atoms with Crippen LogP contribution in [0, 0.1) is 6.92 Å². The quantitative estimate of drug-likeness (QED) is 0.878. The molecule has 20 heavy (non-hydrogen) atoms.